The number of aryl methyl sites for hydroxylation is 1. The molecular weight excluding hydrogens is 352 g/mol. The molecule has 1 N–H and O–H groups in total. The second kappa shape index (κ2) is 8.92. The fourth-order valence-electron chi connectivity index (χ4n) is 3.46. The van der Waals surface area contributed by atoms with E-state index in [9.17, 15) is 13.6 Å². The molecule has 8 heteroatoms. The number of carbonyl (C=O) groups excluding carboxylic acids is 1. The van der Waals surface area contributed by atoms with Crippen LogP contribution in [-0.4, -0.2) is 44.8 Å². The highest BCUT2D eigenvalue weighted by molar-refractivity contribution is 5.74. The van der Waals surface area contributed by atoms with Crippen LogP contribution in [-0.2, 0) is 13.0 Å². The molecule has 0 radical (unpaired) electrons. The maximum atomic E-state index is 13.7. The average Bonchev–Trinajstić information content (AvgIpc) is 3.14. The molecule has 0 spiro atoms. The van der Waals surface area contributed by atoms with Crippen LogP contribution in [0.1, 0.15) is 31.7 Å². The lowest BCUT2D eigenvalue weighted by Gasteiger charge is -2.33. The van der Waals surface area contributed by atoms with Crippen LogP contribution in [0.3, 0.4) is 0 Å². The number of rotatable bonds is 6. The van der Waals surface area contributed by atoms with Crippen molar-refractivity contribution in [2.75, 3.05) is 13.1 Å². The number of nitrogens with zero attached hydrogens (tertiary/aromatic N) is 4. The van der Waals surface area contributed by atoms with Gasteiger partial charge in [0.15, 0.2) is 0 Å². The van der Waals surface area contributed by atoms with E-state index in [2.05, 4.69) is 15.4 Å². The quantitative estimate of drug-likeness (QED) is 0.842. The molecule has 0 saturated carbocycles. The van der Waals surface area contributed by atoms with Crippen LogP contribution >= 0.6 is 0 Å². The smallest absolute Gasteiger partial charge is 0.317 e. The molecule has 1 aromatic carbocycles. The van der Waals surface area contributed by atoms with Gasteiger partial charge in [0.25, 0.3) is 0 Å². The summed E-state index contributed by atoms with van der Waals surface area (Å²) in [5.74, 6) is -0.576. The van der Waals surface area contributed by atoms with Crippen LogP contribution in [0.15, 0.2) is 30.9 Å². The van der Waals surface area contributed by atoms with Gasteiger partial charge in [-0.15, -0.1) is 0 Å². The molecule has 0 bridgehead atoms. The van der Waals surface area contributed by atoms with Crippen LogP contribution in [0, 0.1) is 17.6 Å². The Bertz CT molecular complexity index is 745. The van der Waals surface area contributed by atoms with Gasteiger partial charge in [0.2, 0.25) is 0 Å². The Morgan fingerprint density at radius 2 is 2.11 bits per heavy atom. The van der Waals surface area contributed by atoms with Crippen molar-refractivity contribution in [3.05, 3.63) is 48.1 Å². The first-order valence-electron chi connectivity index (χ1n) is 9.33. The highest BCUT2D eigenvalue weighted by atomic mass is 19.1. The van der Waals surface area contributed by atoms with Crippen molar-refractivity contribution < 1.29 is 13.6 Å². The van der Waals surface area contributed by atoms with E-state index in [0.717, 1.165) is 25.3 Å². The van der Waals surface area contributed by atoms with E-state index in [1.807, 2.05) is 11.8 Å². The van der Waals surface area contributed by atoms with Gasteiger partial charge in [-0.2, -0.15) is 5.10 Å². The standard InChI is InChI=1S/C19H25F2N5O/c1-14(11-26-13-22-12-23-26)24-19(27)25-8-6-15(7-9-25)2-3-16-4-5-17(20)10-18(16)21/h4-5,10,12-15H,2-3,6-9,11H2,1H3,(H,24,27). The van der Waals surface area contributed by atoms with Crippen molar-refractivity contribution >= 4 is 6.03 Å². The summed E-state index contributed by atoms with van der Waals surface area (Å²) >= 11 is 0. The van der Waals surface area contributed by atoms with Crippen LogP contribution in [0.25, 0.3) is 0 Å². The molecule has 1 saturated heterocycles. The van der Waals surface area contributed by atoms with Gasteiger partial charge in [0.1, 0.15) is 24.3 Å². The zero-order valence-corrected chi connectivity index (χ0v) is 15.4. The number of carbonyl (C=O) groups is 1. The summed E-state index contributed by atoms with van der Waals surface area (Å²) in [7, 11) is 0. The summed E-state index contributed by atoms with van der Waals surface area (Å²) < 4.78 is 28.4. The molecule has 6 nitrogen and oxygen atoms in total. The maximum Gasteiger partial charge on any atom is 0.317 e. The molecule has 0 aliphatic carbocycles. The molecule has 27 heavy (non-hydrogen) atoms. The lowest BCUT2D eigenvalue weighted by Crippen LogP contribution is -2.48. The fraction of sp³-hybridized carbons (Fsp3) is 0.526. The van der Waals surface area contributed by atoms with Crippen LogP contribution in [0.2, 0.25) is 0 Å². The highest BCUT2D eigenvalue weighted by Gasteiger charge is 2.23. The highest BCUT2D eigenvalue weighted by Crippen LogP contribution is 2.23. The van der Waals surface area contributed by atoms with E-state index in [0.29, 0.717) is 37.5 Å². The van der Waals surface area contributed by atoms with E-state index in [1.165, 1.54) is 18.5 Å². The van der Waals surface area contributed by atoms with Gasteiger partial charge in [-0.3, -0.25) is 4.68 Å². The SMILES string of the molecule is CC(Cn1cncn1)NC(=O)N1CCC(CCc2ccc(F)cc2F)CC1. The van der Waals surface area contributed by atoms with E-state index in [4.69, 9.17) is 0 Å². The van der Waals surface area contributed by atoms with Crippen molar-refractivity contribution in [1.82, 2.24) is 25.0 Å². The number of hydrogen-bond acceptors (Lipinski definition) is 3. The summed E-state index contributed by atoms with van der Waals surface area (Å²) in [5, 5.41) is 7.02. The molecule has 146 valence electrons. The average molecular weight is 377 g/mol. The van der Waals surface area contributed by atoms with Gasteiger partial charge in [0, 0.05) is 25.2 Å². The Labute approximate surface area is 157 Å². The third-order valence-corrected chi connectivity index (χ3v) is 5.04. The first-order chi connectivity index (χ1) is 13.0. The van der Waals surface area contributed by atoms with Crippen LogP contribution < -0.4 is 5.32 Å². The Balaban J connectivity index is 1.39. The minimum atomic E-state index is -0.548. The lowest BCUT2D eigenvalue weighted by molar-refractivity contribution is 0.164. The molecule has 1 aromatic heterocycles. The fourth-order valence-corrected chi connectivity index (χ4v) is 3.46. The summed E-state index contributed by atoms with van der Waals surface area (Å²) in [6, 6.07) is 3.64. The number of amides is 2. The third-order valence-electron chi connectivity index (χ3n) is 5.04. The van der Waals surface area contributed by atoms with Gasteiger partial charge in [-0.25, -0.2) is 18.6 Å². The molecule has 2 amide bonds. The molecular formula is C19H25F2N5O. The van der Waals surface area contributed by atoms with Gasteiger partial charge in [0.05, 0.1) is 6.54 Å². The first-order valence-corrected chi connectivity index (χ1v) is 9.33. The number of urea groups is 1. The summed E-state index contributed by atoms with van der Waals surface area (Å²) in [6.45, 7) is 3.89. The van der Waals surface area contributed by atoms with Gasteiger partial charge in [-0.05, 0) is 50.2 Å². The molecule has 1 aliphatic rings. The van der Waals surface area contributed by atoms with Crippen LogP contribution in [0.5, 0.6) is 0 Å². The zero-order chi connectivity index (χ0) is 19.2. The minimum absolute atomic E-state index is 0.0432. The Morgan fingerprint density at radius 3 is 2.78 bits per heavy atom. The molecule has 2 heterocycles. The largest absolute Gasteiger partial charge is 0.334 e. The van der Waals surface area contributed by atoms with E-state index in [1.54, 1.807) is 11.0 Å². The van der Waals surface area contributed by atoms with Gasteiger partial charge >= 0.3 is 6.03 Å². The van der Waals surface area contributed by atoms with Crippen LogP contribution in [0.4, 0.5) is 13.6 Å². The monoisotopic (exact) mass is 377 g/mol. The number of likely N-dealkylation sites (tertiary alicyclic amines) is 1. The predicted octanol–water partition coefficient (Wildman–Crippen LogP) is 3.00. The summed E-state index contributed by atoms with van der Waals surface area (Å²) in [4.78, 5) is 18.1. The number of nitrogens with one attached hydrogen (secondary N) is 1. The maximum absolute atomic E-state index is 13.7. The summed E-state index contributed by atoms with van der Waals surface area (Å²) in [6.07, 6.45) is 6.33. The molecule has 1 fully saturated rings. The molecule has 1 unspecified atom stereocenters. The first kappa shape index (κ1) is 19.3. The van der Waals surface area contributed by atoms with Crippen molar-refractivity contribution in [2.45, 2.75) is 45.2 Å². The second-order valence-electron chi connectivity index (χ2n) is 7.17. The Morgan fingerprint density at radius 1 is 1.33 bits per heavy atom. The lowest BCUT2D eigenvalue weighted by atomic mass is 9.90. The van der Waals surface area contributed by atoms with E-state index < -0.39 is 11.6 Å². The van der Waals surface area contributed by atoms with Gasteiger partial charge in [-0.1, -0.05) is 6.07 Å². The molecule has 1 aliphatic heterocycles. The minimum Gasteiger partial charge on any atom is -0.334 e. The number of benzene rings is 1. The Hall–Kier alpha value is -2.51. The second-order valence-corrected chi connectivity index (χ2v) is 7.17. The number of hydrogen-bond donors (Lipinski definition) is 1. The van der Waals surface area contributed by atoms with Crippen molar-refractivity contribution in [2.24, 2.45) is 5.92 Å². The topological polar surface area (TPSA) is 63.1 Å². The van der Waals surface area contributed by atoms with Crippen molar-refractivity contribution in [1.29, 1.82) is 0 Å². The predicted molar refractivity (Wildman–Crippen MR) is 97.0 cm³/mol. The van der Waals surface area contributed by atoms with Crippen molar-refractivity contribution in [3.63, 3.8) is 0 Å². The normalized spacial score (nSPS) is 16.3. The van der Waals surface area contributed by atoms with Crippen molar-refractivity contribution in [3.8, 4) is 0 Å². The van der Waals surface area contributed by atoms with E-state index in [-0.39, 0.29) is 12.1 Å². The third kappa shape index (κ3) is 5.48. The molecule has 3 rings (SSSR count). The Kier molecular flexibility index (Phi) is 6.36. The number of halogens is 2. The number of aromatic nitrogens is 3. The zero-order valence-electron chi connectivity index (χ0n) is 15.4. The van der Waals surface area contributed by atoms with Gasteiger partial charge < -0.3 is 10.2 Å². The molecule has 2 aromatic rings. The molecule has 1 atom stereocenters. The summed E-state index contributed by atoms with van der Waals surface area (Å²) in [5.41, 5.74) is 0.554. The van der Waals surface area contributed by atoms with E-state index >= 15 is 0 Å². The number of piperidine rings is 1.